The maximum absolute atomic E-state index is 13.3. The number of methoxy groups -OCH3 is 2. The smallest absolute Gasteiger partial charge is 0.258 e. The van der Waals surface area contributed by atoms with Crippen LogP contribution in [-0.4, -0.2) is 65.2 Å². The van der Waals surface area contributed by atoms with Gasteiger partial charge in [-0.15, -0.1) is 0 Å². The summed E-state index contributed by atoms with van der Waals surface area (Å²) in [6.07, 6.45) is 1.08. The number of likely N-dealkylation sites (N-methyl/N-ethyl adjacent to an activating group) is 1. The van der Waals surface area contributed by atoms with E-state index in [1.807, 2.05) is 44.2 Å². The van der Waals surface area contributed by atoms with Gasteiger partial charge in [0, 0.05) is 30.4 Å². The summed E-state index contributed by atoms with van der Waals surface area (Å²) in [5.74, 6) is 0.401. The third-order valence-electron chi connectivity index (χ3n) is 6.80. The summed E-state index contributed by atoms with van der Waals surface area (Å²) in [7, 11) is -0.664. The van der Waals surface area contributed by atoms with Crippen molar-refractivity contribution in [1.82, 2.24) is 4.90 Å². The third-order valence-corrected chi connectivity index (χ3v) is 7.94. The molecule has 2 N–H and O–H groups in total. The van der Waals surface area contributed by atoms with Gasteiger partial charge in [-0.1, -0.05) is 30.3 Å². The number of rotatable bonds is 11. The van der Waals surface area contributed by atoms with E-state index in [2.05, 4.69) is 10.6 Å². The van der Waals surface area contributed by atoms with Gasteiger partial charge in [-0.2, -0.15) is 0 Å². The van der Waals surface area contributed by atoms with Gasteiger partial charge in [0.15, 0.2) is 11.5 Å². The van der Waals surface area contributed by atoms with Crippen LogP contribution >= 0.6 is 0 Å². The van der Waals surface area contributed by atoms with Crippen molar-refractivity contribution >= 4 is 50.2 Å². The lowest BCUT2D eigenvalue weighted by Gasteiger charge is -2.26. The molecule has 41 heavy (non-hydrogen) atoms. The molecule has 1 heterocycles. The molecule has 11 heteroatoms. The van der Waals surface area contributed by atoms with Crippen molar-refractivity contribution in [3.63, 3.8) is 0 Å². The molecule has 0 unspecified atom stereocenters. The summed E-state index contributed by atoms with van der Waals surface area (Å²) in [5, 5.41) is 6.27. The minimum atomic E-state index is -3.73. The molecular formula is C30H34N4O6S. The van der Waals surface area contributed by atoms with E-state index in [9.17, 15) is 18.0 Å². The number of benzene rings is 3. The normalized spacial score (nSPS) is 13.6. The molecule has 3 aromatic carbocycles. The second-order valence-corrected chi connectivity index (χ2v) is 11.2. The van der Waals surface area contributed by atoms with Crippen LogP contribution < -0.4 is 24.4 Å². The summed E-state index contributed by atoms with van der Waals surface area (Å²) in [6.45, 7) is 4.38. The molecule has 2 amide bonds. The average Bonchev–Trinajstić information content (AvgIpc) is 3.28. The van der Waals surface area contributed by atoms with Crippen molar-refractivity contribution in [3.8, 4) is 11.5 Å². The standard InChI is InChI=1S/C30H34N4O6S/c1-6-33(7-2)27(35)19-34(41(5,37)38)22-15-13-21(14-16-22)31-29(20-11-9-8-10-12-20)28-23-17-25(39-3)26(40-4)18-24(23)32-30(28)36/h8-18,31H,6-7,19H2,1-5H3,(H,32,36). The molecule has 4 rings (SSSR count). The van der Waals surface area contributed by atoms with E-state index in [1.165, 1.54) is 14.2 Å². The maximum atomic E-state index is 13.3. The Morgan fingerprint density at radius 1 is 0.927 bits per heavy atom. The Balaban J connectivity index is 1.74. The van der Waals surface area contributed by atoms with Crippen LogP contribution in [0.1, 0.15) is 25.0 Å². The number of ether oxygens (including phenoxy) is 2. The highest BCUT2D eigenvalue weighted by atomic mass is 32.2. The molecule has 0 radical (unpaired) electrons. The first-order chi connectivity index (χ1) is 19.6. The molecule has 0 aliphatic carbocycles. The first-order valence-electron chi connectivity index (χ1n) is 13.1. The molecule has 0 fully saturated rings. The topological polar surface area (TPSA) is 117 Å². The number of hydrogen-bond donors (Lipinski definition) is 2. The van der Waals surface area contributed by atoms with Gasteiger partial charge in [0.25, 0.3) is 5.91 Å². The molecule has 216 valence electrons. The first kappa shape index (κ1) is 29.5. The number of nitrogens with zero attached hydrogens (tertiary/aromatic N) is 2. The van der Waals surface area contributed by atoms with E-state index in [0.29, 0.717) is 58.5 Å². The van der Waals surface area contributed by atoms with Crippen LogP contribution in [0.15, 0.2) is 66.7 Å². The summed E-state index contributed by atoms with van der Waals surface area (Å²) in [4.78, 5) is 27.6. The monoisotopic (exact) mass is 578 g/mol. The largest absolute Gasteiger partial charge is 0.493 e. The van der Waals surface area contributed by atoms with Crippen LogP contribution in [0.25, 0.3) is 11.3 Å². The van der Waals surface area contributed by atoms with Crippen LogP contribution in [0.2, 0.25) is 0 Å². The Morgan fingerprint density at radius 2 is 1.54 bits per heavy atom. The molecule has 0 saturated carbocycles. The number of fused-ring (bicyclic) bond motifs is 1. The van der Waals surface area contributed by atoms with Crippen LogP contribution in [0, 0.1) is 0 Å². The van der Waals surface area contributed by atoms with Crippen molar-refractivity contribution in [3.05, 3.63) is 77.9 Å². The molecule has 0 atom stereocenters. The molecule has 0 spiro atoms. The molecule has 0 bridgehead atoms. The Kier molecular flexibility index (Phi) is 8.87. The predicted octanol–water partition coefficient (Wildman–Crippen LogP) is 4.27. The molecular weight excluding hydrogens is 544 g/mol. The van der Waals surface area contributed by atoms with E-state index in [1.54, 1.807) is 41.3 Å². The lowest BCUT2D eigenvalue weighted by atomic mass is 9.99. The van der Waals surface area contributed by atoms with Crippen LogP contribution in [-0.2, 0) is 19.6 Å². The molecule has 1 aliphatic rings. The van der Waals surface area contributed by atoms with Crippen LogP contribution in [0.3, 0.4) is 0 Å². The number of carbonyl (C=O) groups is 2. The van der Waals surface area contributed by atoms with E-state index < -0.39 is 10.0 Å². The molecule has 0 aromatic heterocycles. The van der Waals surface area contributed by atoms with Crippen molar-refractivity contribution in [2.45, 2.75) is 13.8 Å². The van der Waals surface area contributed by atoms with Gasteiger partial charge in [0.2, 0.25) is 15.9 Å². The van der Waals surface area contributed by atoms with Gasteiger partial charge < -0.3 is 25.0 Å². The minimum Gasteiger partial charge on any atom is -0.493 e. The third kappa shape index (κ3) is 6.30. The molecule has 3 aromatic rings. The lowest BCUT2D eigenvalue weighted by Crippen LogP contribution is -2.42. The maximum Gasteiger partial charge on any atom is 0.258 e. The van der Waals surface area contributed by atoms with Gasteiger partial charge in [0.05, 0.1) is 43.1 Å². The van der Waals surface area contributed by atoms with Crippen molar-refractivity contribution < 1.29 is 27.5 Å². The fraction of sp³-hybridized carbons (Fsp3) is 0.267. The van der Waals surface area contributed by atoms with Crippen LogP contribution in [0.4, 0.5) is 17.1 Å². The fourth-order valence-corrected chi connectivity index (χ4v) is 5.53. The van der Waals surface area contributed by atoms with E-state index in [0.717, 1.165) is 16.1 Å². The highest BCUT2D eigenvalue weighted by Crippen LogP contribution is 2.43. The minimum absolute atomic E-state index is 0.281. The average molecular weight is 579 g/mol. The lowest BCUT2D eigenvalue weighted by molar-refractivity contribution is -0.129. The molecule has 1 aliphatic heterocycles. The van der Waals surface area contributed by atoms with Crippen LogP contribution in [0.5, 0.6) is 11.5 Å². The number of hydrogen-bond acceptors (Lipinski definition) is 7. The summed E-state index contributed by atoms with van der Waals surface area (Å²) < 4.78 is 37.2. The van der Waals surface area contributed by atoms with Gasteiger partial charge in [0.1, 0.15) is 6.54 Å². The van der Waals surface area contributed by atoms with Gasteiger partial charge >= 0.3 is 0 Å². The highest BCUT2D eigenvalue weighted by Gasteiger charge is 2.30. The fourth-order valence-electron chi connectivity index (χ4n) is 4.68. The number of nitrogens with one attached hydrogen (secondary N) is 2. The Hall–Kier alpha value is -4.51. The summed E-state index contributed by atoms with van der Waals surface area (Å²) in [5.41, 5.74) is 3.95. The SMILES string of the molecule is CCN(CC)C(=O)CN(c1ccc(NC(=C2C(=O)Nc3cc(OC)c(OC)cc32)c2ccccc2)cc1)S(C)(=O)=O. The second kappa shape index (κ2) is 12.3. The van der Waals surface area contributed by atoms with E-state index >= 15 is 0 Å². The summed E-state index contributed by atoms with van der Waals surface area (Å²) >= 11 is 0. The Labute approximate surface area is 240 Å². The van der Waals surface area contributed by atoms with Gasteiger partial charge in [-0.25, -0.2) is 8.42 Å². The molecule has 10 nitrogen and oxygen atoms in total. The van der Waals surface area contributed by atoms with Gasteiger partial charge in [-0.05, 0) is 49.7 Å². The first-order valence-corrected chi connectivity index (χ1v) is 15.0. The number of anilines is 3. The van der Waals surface area contributed by atoms with Crippen molar-refractivity contribution in [1.29, 1.82) is 0 Å². The van der Waals surface area contributed by atoms with E-state index in [-0.39, 0.29) is 18.4 Å². The second-order valence-electron chi connectivity index (χ2n) is 9.33. The zero-order valence-corrected chi connectivity index (χ0v) is 24.5. The molecule has 0 saturated heterocycles. The Bertz CT molecular complexity index is 1570. The predicted molar refractivity (Wildman–Crippen MR) is 162 cm³/mol. The van der Waals surface area contributed by atoms with E-state index in [4.69, 9.17) is 9.47 Å². The van der Waals surface area contributed by atoms with Crippen molar-refractivity contribution in [2.75, 3.05) is 55.0 Å². The quantitative estimate of drug-likeness (QED) is 0.326. The summed E-state index contributed by atoms with van der Waals surface area (Å²) in [6, 6.07) is 19.6. The zero-order valence-electron chi connectivity index (χ0n) is 23.7. The van der Waals surface area contributed by atoms with Gasteiger partial charge in [-0.3, -0.25) is 13.9 Å². The number of carbonyl (C=O) groups excluding carboxylic acids is 2. The number of amides is 2. The highest BCUT2D eigenvalue weighted by molar-refractivity contribution is 7.92. The zero-order chi connectivity index (χ0) is 29.7. The number of sulfonamides is 1. The Morgan fingerprint density at radius 3 is 2.10 bits per heavy atom. The van der Waals surface area contributed by atoms with Crippen molar-refractivity contribution in [2.24, 2.45) is 0 Å².